The maximum Gasteiger partial charge on any atom is 0.141 e. The summed E-state index contributed by atoms with van der Waals surface area (Å²) in [6.07, 6.45) is 5.33. The van der Waals surface area contributed by atoms with Gasteiger partial charge in [-0.15, -0.1) is 0 Å². The van der Waals surface area contributed by atoms with E-state index in [0.717, 1.165) is 18.2 Å². The number of rotatable bonds is 5. The molecule has 0 aliphatic rings. The number of hydrogen-bond donors (Lipinski definition) is 1. The van der Waals surface area contributed by atoms with Gasteiger partial charge in [0, 0.05) is 25.5 Å². The first-order valence-electron chi connectivity index (χ1n) is 5.73. The molecule has 0 aromatic carbocycles. The standard InChI is InChI=1S/C11H18N6/c1-9(2)17-11(14-8-15-17)7-12-6-10-13-4-5-16(10)3/h4-5,8-9,12H,6-7H2,1-3H3. The molecule has 0 saturated heterocycles. The van der Waals surface area contributed by atoms with Crippen molar-refractivity contribution in [2.75, 3.05) is 0 Å². The van der Waals surface area contributed by atoms with Crippen molar-refractivity contribution in [1.82, 2.24) is 29.6 Å². The van der Waals surface area contributed by atoms with E-state index in [-0.39, 0.29) is 0 Å². The minimum absolute atomic E-state index is 0.336. The van der Waals surface area contributed by atoms with Gasteiger partial charge in [0.15, 0.2) is 0 Å². The third-order valence-corrected chi connectivity index (χ3v) is 2.62. The van der Waals surface area contributed by atoms with Gasteiger partial charge in [0.25, 0.3) is 0 Å². The second-order valence-electron chi connectivity index (χ2n) is 4.27. The van der Waals surface area contributed by atoms with Crippen molar-refractivity contribution < 1.29 is 0 Å². The normalized spacial score (nSPS) is 11.3. The van der Waals surface area contributed by atoms with Crippen molar-refractivity contribution >= 4 is 0 Å². The van der Waals surface area contributed by atoms with Crippen LogP contribution in [-0.4, -0.2) is 24.3 Å². The van der Waals surface area contributed by atoms with Gasteiger partial charge in [-0.3, -0.25) is 0 Å². The van der Waals surface area contributed by atoms with Crippen LogP contribution < -0.4 is 5.32 Å². The predicted octanol–water partition coefficient (Wildman–Crippen LogP) is 0.882. The van der Waals surface area contributed by atoms with Crippen LogP contribution in [0.3, 0.4) is 0 Å². The molecule has 0 radical (unpaired) electrons. The summed E-state index contributed by atoms with van der Waals surface area (Å²) in [6.45, 7) is 5.62. The molecular formula is C11H18N6. The van der Waals surface area contributed by atoms with E-state index in [1.54, 1.807) is 12.5 Å². The Labute approximate surface area is 101 Å². The molecule has 0 amide bonds. The van der Waals surface area contributed by atoms with Crippen LogP contribution in [-0.2, 0) is 20.1 Å². The highest BCUT2D eigenvalue weighted by atomic mass is 15.4. The topological polar surface area (TPSA) is 60.6 Å². The fourth-order valence-electron chi connectivity index (χ4n) is 1.68. The van der Waals surface area contributed by atoms with E-state index in [2.05, 4.69) is 34.2 Å². The number of nitrogens with one attached hydrogen (secondary N) is 1. The molecule has 2 rings (SSSR count). The molecule has 2 aromatic heterocycles. The molecule has 0 unspecified atom stereocenters. The SMILES string of the molecule is CC(C)n1ncnc1CNCc1nccn1C. The molecule has 0 bridgehead atoms. The highest BCUT2D eigenvalue weighted by Crippen LogP contribution is 2.04. The van der Waals surface area contributed by atoms with Crippen molar-refractivity contribution in [3.8, 4) is 0 Å². The lowest BCUT2D eigenvalue weighted by Gasteiger charge is -2.09. The van der Waals surface area contributed by atoms with Crippen LogP contribution in [0.4, 0.5) is 0 Å². The average Bonchev–Trinajstić information content (AvgIpc) is 2.88. The summed E-state index contributed by atoms with van der Waals surface area (Å²) in [5.41, 5.74) is 0. The Morgan fingerprint density at radius 3 is 2.65 bits per heavy atom. The van der Waals surface area contributed by atoms with Gasteiger partial charge in [-0.2, -0.15) is 5.10 Å². The van der Waals surface area contributed by atoms with Crippen LogP contribution >= 0.6 is 0 Å². The third kappa shape index (κ3) is 2.71. The van der Waals surface area contributed by atoms with Gasteiger partial charge in [0.2, 0.25) is 0 Å². The second-order valence-corrected chi connectivity index (χ2v) is 4.27. The molecule has 0 aliphatic carbocycles. The van der Waals surface area contributed by atoms with Crippen molar-refractivity contribution in [3.63, 3.8) is 0 Å². The molecule has 0 saturated carbocycles. The highest BCUT2D eigenvalue weighted by molar-refractivity contribution is 4.92. The smallest absolute Gasteiger partial charge is 0.141 e. The number of aromatic nitrogens is 5. The molecule has 92 valence electrons. The molecule has 0 atom stereocenters. The maximum absolute atomic E-state index is 4.25. The van der Waals surface area contributed by atoms with Crippen LogP contribution in [0.2, 0.25) is 0 Å². The van der Waals surface area contributed by atoms with Crippen molar-refractivity contribution in [1.29, 1.82) is 0 Å². The summed E-state index contributed by atoms with van der Waals surface area (Å²) in [5, 5.41) is 7.51. The minimum Gasteiger partial charge on any atom is -0.337 e. The van der Waals surface area contributed by atoms with E-state index in [1.165, 1.54) is 0 Å². The molecule has 2 aromatic rings. The lowest BCUT2D eigenvalue weighted by molar-refractivity contribution is 0.487. The molecule has 17 heavy (non-hydrogen) atoms. The number of nitrogens with zero attached hydrogens (tertiary/aromatic N) is 5. The molecule has 0 aliphatic heterocycles. The van der Waals surface area contributed by atoms with Gasteiger partial charge >= 0.3 is 0 Å². The summed E-state index contributed by atoms with van der Waals surface area (Å²) < 4.78 is 3.92. The predicted molar refractivity (Wildman–Crippen MR) is 64.2 cm³/mol. The van der Waals surface area contributed by atoms with Crippen LogP contribution in [0.1, 0.15) is 31.5 Å². The Bertz CT molecular complexity index is 470. The zero-order chi connectivity index (χ0) is 12.3. The summed E-state index contributed by atoms with van der Waals surface area (Å²) in [6, 6.07) is 0.336. The van der Waals surface area contributed by atoms with E-state index in [4.69, 9.17) is 0 Å². The molecule has 2 heterocycles. The van der Waals surface area contributed by atoms with Crippen LogP contribution in [0.25, 0.3) is 0 Å². The largest absolute Gasteiger partial charge is 0.337 e. The summed E-state index contributed by atoms with van der Waals surface area (Å²) in [4.78, 5) is 8.49. The summed E-state index contributed by atoms with van der Waals surface area (Å²) in [5.74, 6) is 1.97. The Morgan fingerprint density at radius 2 is 2.00 bits per heavy atom. The van der Waals surface area contributed by atoms with Crippen molar-refractivity contribution in [2.24, 2.45) is 7.05 Å². The molecule has 1 N–H and O–H groups in total. The zero-order valence-corrected chi connectivity index (χ0v) is 10.5. The highest BCUT2D eigenvalue weighted by Gasteiger charge is 2.07. The van der Waals surface area contributed by atoms with Gasteiger partial charge in [0.1, 0.15) is 18.0 Å². The van der Waals surface area contributed by atoms with E-state index in [9.17, 15) is 0 Å². The van der Waals surface area contributed by atoms with Crippen molar-refractivity contribution in [3.05, 3.63) is 30.4 Å². The van der Waals surface area contributed by atoms with E-state index >= 15 is 0 Å². The Balaban J connectivity index is 1.90. The first kappa shape index (κ1) is 11.8. The quantitative estimate of drug-likeness (QED) is 0.834. The summed E-state index contributed by atoms with van der Waals surface area (Å²) >= 11 is 0. The Morgan fingerprint density at radius 1 is 1.24 bits per heavy atom. The van der Waals surface area contributed by atoms with Crippen LogP contribution in [0.5, 0.6) is 0 Å². The molecule has 6 heteroatoms. The van der Waals surface area contributed by atoms with E-state index in [0.29, 0.717) is 12.6 Å². The lowest BCUT2D eigenvalue weighted by Crippen LogP contribution is -2.19. The zero-order valence-electron chi connectivity index (χ0n) is 10.5. The second kappa shape index (κ2) is 5.09. The third-order valence-electron chi connectivity index (χ3n) is 2.62. The van der Waals surface area contributed by atoms with Crippen molar-refractivity contribution in [2.45, 2.75) is 33.0 Å². The van der Waals surface area contributed by atoms with Gasteiger partial charge < -0.3 is 9.88 Å². The summed E-state index contributed by atoms with van der Waals surface area (Å²) in [7, 11) is 1.99. The van der Waals surface area contributed by atoms with Crippen LogP contribution in [0, 0.1) is 0 Å². The first-order valence-corrected chi connectivity index (χ1v) is 5.73. The molecule has 6 nitrogen and oxygen atoms in total. The number of aryl methyl sites for hydroxylation is 1. The van der Waals surface area contributed by atoms with E-state index < -0.39 is 0 Å². The van der Waals surface area contributed by atoms with Crippen LogP contribution in [0.15, 0.2) is 18.7 Å². The lowest BCUT2D eigenvalue weighted by atomic mass is 10.4. The van der Waals surface area contributed by atoms with Gasteiger partial charge in [-0.05, 0) is 13.8 Å². The van der Waals surface area contributed by atoms with Gasteiger partial charge in [0.05, 0.1) is 13.1 Å². The van der Waals surface area contributed by atoms with E-state index in [1.807, 2.05) is 22.5 Å². The molecule has 0 fully saturated rings. The van der Waals surface area contributed by atoms with Gasteiger partial charge in [-0.25, -0.2) is 14.6 Å². The first-order chi connectivity index (χ1) is 8.18. The maximum atomic E-state index is 4.25. The monoisotopic (exact) mass is 234 g/mol. The molecular weight excluding hydrogens is 216 g/mol. The number of hydrogen-bond acceptors (Lipinski definition) is 4. The Hall–Kier alpha value is -1.69. The average molecular weight is 234 g/mol. The van der Waals surface area contributed by atoms with Gasteiger partial charge in [-0.1, -0.05) is 0 Å². The number of imidazole rings is 1. The fourth-order valence-corrected chi connectivity index (χ4v) is 1.68. The fraction of sp³-hybridized carbons (Fsp3) is 0.545. The molecule has 0 spiro atoms. The Kier molecular flexibility index (Phi) is 3.53. The minimum atomic E-state index is 0.336.